The molecule has 0 aromatic heterocycles. The Kier molecular flexibility index (Phi) is 4.69. The highest BCUT2D eigenvalue weighted by Gasteiger charge is 2.12. The minimum Gasteiger partial charge on any atom is -0.595 e. The van der Waals surface area contributed by atoms with Crippen molar-refractivity contribution >= 4 is 17.3 Å². The molecule has 0 heterocycles. The smallest absolute Gasteiger partial charge is 0.172 e. The van der Waals surface area contributed by atoms with Crippen LogP contribution in [0.15, 0.2) is 48.5 Å². The third-order valence-electron chi connectivity index (χ3n) is 2.99. The van der Waals surface area contributed by atoms with Gasteiger partial charge < -0.3 is 9.94 Å². The van der Waals surface area contributed by atoms with Crippen molar-refractivity contribution in [3.05, 3.63) is 64.9 Å². The Morgan fingerprint density at radius 1 is 1.24 bits per heavy atom. The van der Waals surface area contributed by atoms with Crippen molar-refractivity contribution in [2.45, 2.75) is 0 Å². The molecule has 5 heteroatoms. The Morgan fingerprint density at radius 3 is 2.48 bits per heavy atom. The highest BCUT2D eigenvalue weighted by Crippen LogP contribution is 2.23. The molecule has 0 saturated heterocycles. The zero-order chi connectivity index (χ0) is 15.2. The van der Waals surface area contributed by atoms with Crippen molar-refractivity contribution in [3.8, 4) is 11.8 Å². The lowest BCUT2D eigenvalue weighted by molar-refractivity contribution is -0.991. The third-order valence-corrected chi connectivity index (χ3v) is 2.99. The van der Waals surface area contributed by atoms with Crippen LogP contribution in [0, 0.1) is 16.5 Å². The SMILES string of the molecule is COc1ccc(/C=C(\C#N)c2ccccc2[NH+]([O-])O)cc1. The molecule has 2 aromatic rings. The van der Waals surface area contributed by atoms with Gasteiger partial charge in [-0.25, -0.2) is 5.21 Å². The van der Waals surface area contributed by atoms with Crippen LogP contribution >= 0.6 is 0 Å². The molecular weight excluding hydrogens is 268 g/mol. The molecule has 0 fully saturated rings. The number of para-hydroxylation sites is 1. The summed E-state index contributed by atoms with van der Waals surface area (Å²) in [6.07, 6.45) is 1.65. The van der Waals surface area contributed by atoms with Crippen LogP contribution in [0.4, 0.5) is 5.69 Å². The maximum Gasteiger partial charge on any atom is 0.172 e. The quantitative estimate of drug-likeness (QED) is 0.511. The van der Waals surface area contributed by atoms with E-state index in [4.69, 9.17) is 4.74 Å². The fourth-order valence-corrected chi connectivity index (χ4v) is 1.94. The van der Waals surface area contributed by atoms with Crippen LogP contribution in [-0.4, -0.2) is 12.3 Å². The summed E-state index contributed by atoms with van der Waals surface area (Å²) >= 11 is 0. The number of nitriles is 1. The highest BCUT2D eigenvalue weighted by molar-refractivity contribution is 5.92. The van der Waals surface area contributed by atoms with E-state index >= 15 is 0 Å². The molecule has 1 atom stereocenters. The van der Waals surface area contributed by atoms with E-state index in [1.54, 1.807) is 55.7 Å². The molecule has 0 radical (unpaired) electrons. The van der Waals surface area contributed by atoms with Crippen molar-refractivity contribution in [1.82, 2.24) is 0 Å². The molecule has 2 N–H and O–H groups in total. The minimum atomic E-state index is -1.05. The second-order valence-corrected chi connectivity index (χ2v) is 4.29. The number of hydrogen-bond donors (Lipinski definition) is 2. The topological polar surface area (TPSA) is 80.8 Å². The molecule has 21 heavy (non-hydrogen) atoms. The Labute approximate surface area is 122 Å². The van der Waals surface area contributed by atoms with Crippen LogP contribution < -0.4 is 9.96 Å². The molecule has 0 aliphatic heterocycles. The Morgan fingerprint density at radius 2 is 1.90 bits per heavy atom. The predicted molar refractivity (Wildman–Crippen MR) is 78.7 cm³/mol. The summed E-state index contributed by atoms with van der Waals surface area (Å²) in [6, 6.07) is 15.7. The van der Waals surface area contributed by atoms with Crippen molar-refractivity contribution in [1.29, 1.82) is 5.26 Å². The van der Waals surface area contributed by atoms with Crippen LogP contribution in [-0.2, 0) is 0 Å². The Bertz CT molecular complexity index is 685. The van der Waals surface area contributed by atoms with Gasteiger partial charge in [0, 0.05) is 6.07 Å². The minimum absolute atomic E-state index is 0.110. The first-order valence-electron chi connectivity index (χ1n) is 6.24. The lowest BCUT2D eigenvalue weighted by atomic mass is 10.0. The van der Waals surface area contributed by atoms with E-state index < -0.39 is 5.23 Å². The number of allylic oxidation sites excluding steroid dienone is 1. The molecule has 106 valence electrons. The van der Waals surface area contributed by atoms with E-state index in [1.807, 2.05) is 0 Å². The van der Waals surface area contributed by atoms with Gasteiger partial charge in [-0.3, -0.25) is 0 Å². The van der Waals surface area contributed by atoms with Gasteiger partial charge in [0.25, 0.3) is 0 Å². The molecule has 0 amide bonds. The van der Waals surface area contributed by atoms with E-state index in [2.05, 4.69) is 6.07 Å². The first kappa shape index (κ1) is 14.8. The molecule has 0 aliphatic rings. The van der Waals surface area contributed by atoms with Gasteiger partial charge in [-0.2, -0.15) is 10.5 Å². The fourth-order valence-electron chi connectivity index (χ4n) is 1.94. The largest absolute Gasteiger partial charge is 0.595 e. The van der Waals surface area contributed by atoms with Gasteiger partial charge in [-0.1, -0.05) is 24.3 Å². The number of benzene rings is 2. The number of methoxy groups -OCH3 is 1. The van der Waals surface area contributed by atoms with Gasteiger partial charge >= 0.3 is 0 Å². The first-order valence-corrected chi connectivity index (χ1v) is 6.24. The van der Waals surface area contributed by atoms with Gasteiger partial charge in [0.05, 0.1) is 18.2 Å². The molecule has 2 rings (SSSR count). The van der Waals surface area contributed by atoms with Crippen LogP contribution in [0.25, 0.3) is 11.6 Å². The van der Waals surface area contributed by atoms with Crippen molar-refractivity contribution in [2.75, 3.05) is 7.11 Å². The van der Waals surface area contributed by atoms with Crippen LogP contribution in [0.3, 0.4) is 0 Å². The first-order chi connectivity index (χ1) is 10.2. The standard InChI is InChI=1S/C16H14N2O3/c1-21-14-8-6-12(7-9-14)10-13(11-17)15-4-2-3-5-16(15)18(19)20/h2-10,18-19H,1H3/b13-10+. The number of ether oxygens (including phenoxy) is 1. The molecule has 1 unspecified atom stereocenters. The summed E-state index contributed by atoms with van der Waals surface area (Å²) in [5, 5.41) is 28.7. The van der Waals surface area contributed by atoms with Crippen molar-refractivity contribution < 1.29 is 15.2 Å². The van der Waals surface area contributed by atoms with E-state index in [0.29, 0.717) is 11.1 Å². The fraction of sp³-hybridized carbons (Fsp3) is 0.0625. The average molecular weight is 282 g/mol. The lowest BCUT2D eigenvalue weighted by Crippen LogP contribution is -2.99. The second-order valence-electron chi connectivity index (χ2n) is 4.29. The van der Waals surface area contributed by atoms with E-state index in [-0.39, 0.29) is 5.69 Å². The number of nitrogens with zero attached hydrogens (tertiary/aromatic N) is 1. The maximum atomic E-state index is 11.2. The van der Waals surface area contributed by atoms with Gasteiger partial charge in [0.15, 0.2) is 5.69 Å². The molecule has 2 aromatic carbocycles. The van der Waals surface area contributed by atoms with Gasteiger partial charge in [0.1, 0.15) is 11.8 Å². The number of rotatable bonds is 4. The number of nitrogens with one attached hydrogen (secondary N) is 1. The summed E-state index contributed by atoms with van der Waals surface area (Å²) in [5.41, 5.74) is 1.62. The van der Waals surface area contributed by atoms with Gasteiger partial charge in [-0.15, -0.1) is 0 Å². The van der Waals surface area contributed by atoms with E-state index in [9.17, 15) is 15.7 Å². The van der Waals surface area contributed by atoms with E-state index in [0.717, 1.165) is 11.3 Å². The molecule has 0 saturated carbocycles. The van der Waals surface area contributed by atoms with Crippen LogP contribution in [0.5, 0.6) is 5.75 Å². The summed E-state index contributed by atoms with van der Waals surface area (Å²) < 4.78 is 5.07. The highest BCUT2D eigenvalue weighted by atomic mass is 16.8. The lowest BCUT2D eigenvalue weighted by Gasteiger charge is -2.14. The zero-order valence-corrected chi connectivity index (χ0v) is 11.4. The van der Waals surface area contributed by atoms with Crippen molar-refractivity contribution in [3.63, 3.8) is 0 Å². The summed E-state index contributed by atoms with van der Waals surface area (Å²) in [5.74, 6) is 0.719. The van der Waals surface area contributed by atoms with E-state index in [1.165, 1.54) is 6.07 Å². The summed E-state index contributed by atoms with van der Waals surface area (Å²) in [7, 11) is 1.58. The van der Waals surface area contributed by atoms with Gasteiger partial charge in [-0.05, 0) is 29.8 Å². The van der Waals surface area contributed by atoms with Gasteiger partial charge in [0.2, 0.25) is 0 Å². The maximum absolute atomic E-state index is 11.2. The molecule has 0 spiro atoms. The zero-order valence-electron chi connectivity index (χ0n) is 11.4. The Balaban J connectivity index is 2.44. The monoisotopic (exact) mass is 282 g/mol. The van der Waals surface area contributed by atoms with Crippen molar-refractivity contribution in [2.24, 2.45) is 0 Å². The summed E-state index contributed by atoms with van der Waals surface area (Å²) in [6.45, 7) is 0. The third kappa shape index (κ3) is 3.46. The van der Waals surface area contributed by atoms with Crippen LogP contribution in [0.1, 0.15) is 11.1 Å². The Hall–Kier alpha value is -2.65. The second kappa shape index (κ2) is 6.68. The molecule has 5 nitrogen and oxygen atoms in total. The number of quaternary nitrogens is 1. The molecule has 0 bridgehead atoms. The molecular formula is C16H14N2O3. The normalized spacial score (nSPS) is 12.6. The molecule has 0 aliphatic carbocycles. The summed E-state index contributed by atoms with van der Waals surface area (Å²) in [4.78, 5) is 0. The average Bonchev–Trinajstić information content (AvgIpc) is 2.53. The predicted octanol–water partition coefficient (Wildman–Crippen LogP) is 2.16. The number of hydrogen-bond acceptors (Lipinski definition) is 4. The van der Waals surface area contributed by atoms with Crippen LogP contribution in [0.2, 0.25) is 0 Å².